The number of rotatable bonds is 5. The lowest BCUT2D eigenvalue weighted by Gasteiger charge is -2.27. The van der Waals surface area contributed by atoms with Crippen LogP contribution in [0.25, 0.3) is 10.2 Å². The van der Waals surface area contributed by atoms with Crippen molar-refractivity contribution in [3.05, 3.63) is 28.2 Å². The van der Waals surface area contributed by atoms with Gasteiger partial charge in [-0.15, -0.1) is 11.3 Å². The zero-order valence-corrected chi connectivity index (χ0v) is 14.9. The third-order valence-electron chi connectivity index (χ3n) is 4.41. The molecule has 3 N–H and O–H groups in total. The Kier molecular flexibility index (Phi) is 5.03. The van der Waals surface area contributed by atoms with Crippen LogP contribution in [0.4, 0.5) is 0 Å². The summed E-state index contributed by atoms with van der Waals surface area (Å²) in [5.41, 5.74) is 6.30. The van der Waals surface area contributed by atoms with Crippen molar-refractivity contribution in [3.63, 3.8) is 0 Å². The fourth-order valence-corrected chi connectivity index (χ4v) is 4.16. The lowest BCUT2D eigenvalue weighted by Crippen LogP contribution is -2.50. The monoisotopic (exact) mass is 366 g/mol. The summed E-state index contributed by atoms with van der Waals surface area (Å²) in [6, 6.07) is 1.19. The van der Waals surface area contributed by atoms with Gasteiger partial charge in [0.1, 0.15) is 4.83 Å². The Labute approximate surface area is 149 Å². The molecule has 2 amide bonds. The van der Waals surface area contributed by atoms with Gasteiger partial charge in [-0.1, -0.05) is 11.6 Å². The molecule has 1 fully saturated rings. The third-order valence-corrected chi connectivity index (χ3v) is 5.75. The number of nitrogens with two attached hydrogens (primary N) is 1. The van der Waals surface area contributed by atoms with E-state index in [2.05, 4.69) is 10.3 Å². The van der Waals surface area contributed by atoms with Crippen molar-refractivity contribution >= 4 is 45.0 Å². The van der Waals surface area contributed by atoms with Crippen LogP contribution in [0.5, 0.6) is 0 Å². The number of pyridine rings is 1. The number of primary amides is 1. The molecule has 2 aromatic heterocycles. The second-order valence-electron chi connectivity index (χ2n) is 5.97. The van der Waals surface area contributed by atoms with Gasteiger partial charge in [-0.25, -0.2) is 4.98 Å². The van der Waals surface area contributed by atoms with Gasteiger partial charge in [-0.2, -0.15) is 0 Å². The van der Waals surface area contributed by atoms with Crippen molar-refractivity contribution < 1.29 is 9.59 Å². The average molecular weight is 367 g/mol. The molecule has 0 aliphatic carbocycles. The van der Waals surface area contributed by atoms with E-state index in [0.29, 0.717) is 24.5 Å². The summed E-state index contributed by atoms with van der Waals surface area (Å²) in [5, 5.41) is 6.32. The van der Waals surface area contributed by atoms with Crippen molar-refractivity contribution in [2.75, 3.05) is 6.54 Å². The Morgan fingerprint density at radius 1 is 1.58 bits per heavy atom. The van der Waals surface area contributed by atoms with Crippen molar-refractivity contribution in [3.8, 4) is 0 Å². The molecule has 1 aliphatic rings. The molecule has 6 nitrogen and oxygen atoms in total. The van der Waals surface area contributed by atoms with Crippen molar-refractivity contribution in [1.29, 1.82) is 0 Å². The maximum absolute atomic E-state index is 12.4. The number of hydrogen-bond acceptors (Lipinski definition) is 5. The van der Waals surface area contributed by atoms with Crippen LogP contribution in [0.15, 0.2) is 17.6 Å². The molecule has 0 saturated carbocycles. The Balaban J connectivity index is 1.63. The first kappa shape index (κ1) is 17.1. The Morgan fingerprint density at radius 2 is 2.38 bits per heavy atom. The van der Waals surface area contributed by atoms with Gasteiger partial charge in [-0.05, 0) is 37.9 Å². The zero-order chi connectivity index (χ0) is 17.3. The largest absolute Gasteiger partial charge is 0.368 e. The van der Waals surface area contributed by atoms with Gasteiger partial charge in [0.25, 0.3) is 0 Å². The van der Waals surface area contributed by atoms with Gasteiger partial charge in [0.05, 0.1) is 17.1 Å². The second kappa shape index (κ2) is 7.04. The molecular weight excluding hydrogens is 348 g/mol. The van der Waals surface area contributed by atoms with Crippen LogP contribution in [-0.2, 0) is 16.1 Å². The fraction of sp³-hybridized carbons (Fsp3) is 0.438. The Hall–Kier alpha value is -1.70. The van der Waals surface area contributed by atoms with Crippen LogP contribution in [0, 0.1) is 0 Å². The highest BCUT2D eigenvalue weighted by atomic mass is 35.5. The van der Waals surface area contributed by atoms with Crippen molar-refractivity contribution in [2.45, 2.75) is 38.4 Å². The molecule has 1 unspecified atom stereocenters. The first-order valence-electron chi connectivity index (χ1n) is 7.81. The number of nitrogens with one attached hydrogen (secondary N) is 1. The summed E-state index contributed by atoms with van der Waals surface area (Å²) in [6.45, 7) is 2.88. The minimum atomic E-state index is -0.397. The zero-order valence-electron chi connectivity index (χ0n) is 13.3. The number of thiophene rings is 1. The van der Waals surface area contributed by atoms with Crippen LogP contribution in [0.3, 0.4) is 0 Å². The van der Waals surface area contributed by atoms with E-state index in [1.54, 1.807) is 13.1 Å². The predicted molar refractivity (Wildman–Crippen MR) is 94.9 cm³/mol. The standard InChI is InChI=1S/C16H19ClN4O2S/c1-9(21-4-2-3-13(21)14(18)22)15(23)19-6-10-5-11-12(17)8-24-16(11)20-7-10/h5,7-9,13H,2-4,6H2,1H3,(H2,18,22)(H,19,23)/t9-,13?/m0/s1. The summed E-state index contributed by atoms with van der Waals surface area (Å²) in [5.74, 6) is -0.492. The number of nitrogens with zero attached hydrogens (tertiary/aromatic N) is 2. The van der Waals surface area contributed by atoms with E-state index in [4.69, 9.17) is 17.3 Å². The van der Waals surface area contributed by atoms with Crippen LogP contribution >= 0.6 is 22.9 Å². The van der Waals surface area contributed by atoms with Gasteiger partial charge in [0.2, 0.25) is 11.8 Å². The number of halogens is 1. The van der Waals surface area contributed by atoms with Gasteiger partial charge in [0.15, 0.2) is 0 Å². The lowest BCUT2D eigenvalue weighted by molar-refractivity contribution is -0.129. The Morgan fingerprint density at radius 3 is 3.12 bits per heavy atom. The molecule has 2 aromatic rings. The number of amides is 2. The van der Waals surface area contributed by atoms with E-state index in [-0.39, 0.29) is 17.9 Å². The van der Waals surface area contributed by atoms with Crippen molar-refractivity contribution in [2.24, 2.45) is 5.73 Å². The molecule has 24 heavy (non-hydrogen) atoms. The maximum atomic E-state index is 12.4. The number of likely N-dealkylation sites (tertiary alicyclic amines) is 1. The first-order chi connectivity index (χ1) is 11.5. The highest BCUT2D eigenvalue weighted by Gasteiger charge is 2.35. The number of fused-ring (bicyclic) bond motifs is 1. The highest BCUT2D eigenvalue weighted by Crippen LogP contribution is 2.28. The van der Waals surface area contributed by atoms with Crippen LogP contribution in [0.1, 0.15) is 25.3 Å². The maximum Gasteiger partial charge on any atom is 0.237 e. The average Bonchev–Trinajstić information content (AvgIpc) is 3.19. The lowest BCUT2D eigenvalue weighted by atomic mass is 10.1. The van der Waals surface area contributed by atoms with Gasteiger partial charge in [0, 0.05) is 23.5 Å². The topological polar surface area (TPSA) is 88.3 Å². The molecule has 1 saturated heterocycles. The molecule has 0 bridgehead atoms. The summed E-state index contributed by atoms with van der Waals surface area (Å²) < 4.78 is 0. The fourth-order valence-electron chi connectivity index (χ4n) is 3.07. The summed E-state index contributed by atoms with van der Waals surface area (Å²) >= 11 is 7.61. The van der Waals surface area contributed by atoms with Crippen LogP contribution in [-0.4, -0.2) is 40.3 Å². The molecule has 3 rings (SSSR count). The van der Waals surface area contributed by atoms with Crippen molar-refractivity contribution in [1.82, 2.24) is 15.2 Å². The van der Waals surface area contributed by atoms with Gasteiger partial charge in [-0.3, -0.25) is 14.5 Å². The minimum Gasteiger partial charge on any atom is -0.368 e. The number of hydrogen-bond donors (Lipinski definition) is 2. The molecular formula is C16H19ClN4O2S. The summed E-state index contributed by atoms with van der Waals surface area (Å²) in [7, 11) is 0. The summed E-state index contributed by atoms with van der Waals surface area (Å²) in [6.07, 6.45) is 3.33. The van der Waals surface area contributed by atoms with E-state index in [1.165, 1.54) is 11.3 Å². The minimum absolute atomic E-state index is 0.125. The highest BCUT2D eigenvalue weighted by molar-refractivity contribution is 7.17. The van der Waals surface area contributed by atoms with E-state index >= 15 is 0 Å². The van der Waals surface area contributed by atoms with Crippen LogP contribution < -0.4 is 11.1 Å². The molecule has 0 aromatic carbocycles. The molecule has 128 valence electrons. The SMILES string of the molecule is C[C@@H](C(=O)NCc1cnc2scc(Cl)c2c1)N1CCCC1C(N)=O. The molecule has 3 heterocycles. The second-order valence-corrected chi connectivity index (χ2v) is 7.24. The van der Waals surface area contributed by atoms with Gasteiger partial charge < -0.3 is 11.1 Å². The molecule has 0 spiro atoms. The van der Waals surface area contributed by atoms with E-state index in [9.17, 15) is 9.59 Å². The molecule has 2 atom stereocenters. The van der Waals surface area contributed by atoms with E-state index < -0.39 is 6.04 Å². The summed E-state index contributed by atoms with van der Waals surface area (Å²) in [4.78, 5) is 31.0. The first-order valence-corrected chi connectivity index (χ1v) is 9.07. The molecule has 0 radical (unpaired) electrons. The van der Waals surface area contributed by atoms with E-state index in [0.717, 1.165) is 22.2 Å². The number of aromatic nitrogens is 1. The number of carbonyl (C=O) groups excluding carboxylic acids is 2. The third kappa shape index (κ3) is 3.38. The van der Waals surface area contributed by atoms with E-state index in [1.807, 2.05) is 16.3 Å². The van der Waals surface area contributed by atoms with Crippen LogP contribution in [0.2, 0.25) is 5.02 Å². The number of carbonyl (C=O) groups is 2. The quantitative estimate of drug-likeness (QED) is 0.845. The Bertz CT molecular complexity index is 779. The van der Waals surface area contributed by atoms with Gasteiger partial charge >= 0.3 is 0 Å². The molecule has 8 heteroatoms. The molecule has 1 aliphatic heterocycles. The predicted octanol–water partition coefficient (Wildman–Crippen LogP) is 1.90. The smallest absolute Gasteiger partial charge is 0.237 e. The normalized spacial score (nSPS) is 19.5.